The molecule has 3 heterocycles. The highest BCUT2D eigenvalue weighted by Gasteiger charge is 2.46. The van der Waals surface area contributed by atoms with E-state index in [4.69, 9.17) is 0 Å². The van der Waals surface area contributed by atoms with E-state index in [2.05, 4.69) is 37.8 Å². The summed E-state index contributed by atoms with van der Waals surface area (Å²) in [5, 5.41) is 14.6. The number of amides is 1. The van der Waals surface area contributed by atoms with Crippen LogP contribution in [0.5, 0.6) is 0 Å². The second-order valence-corrected chi connectivity index (χ2v) is 9.16. The molecule has 3 rings (SSSR count). The zero-order valence-corrected chi connectivity index (χ0v) is 16.9. The second kappa shape index (κ2) is 7.26. The van der Waals surface area contributed by atoms with Crippen LogP contribution in [0.2, 0.25) is 0 Å². The topological polar surface area (TPSA) is 78.7 Å². The fourth-order valence-corrected chi connectivity index (χ4v) is 4.23. The molecule has 0 saturated carbocycles. The van der Waals surface area contributed by atoms with E-state index in [1.807, 2.05) is 11.0 Å². The van der Waals surface area contributed by atoms with Gasteiger partial charge in [-0.1, -0.05) is 20.8 Å². The minimum absolute atomic E-state index is 0.0401. The first-order valence-electron chi connectivity index (χ1n) is 9.91. The molecule has 0 spiro atoms. The first-order valence-corrected chi connectivity index (χ1v) is 9.91. The highest BCUT2D eigenvalue weighted by atomic mass is 16.4. The largest absolute Gasteiger partial charge is 0.479 e. The van der Waals surface area contributed by atoms with Gasteiger partial charge in [-0.25, -0.2) is 4.79 Å². The maximum atomic E-state index is 12.9. The molecule has 2 aliphatic rings. The van der Waals surface area contributed by atoms with Gasteiger partial charge in [-0.3, -0.25) is 9.48 Å². The summed E-state index contributed by atoms with van der Waals surface area (Å²) in [6, 6.07) is 1.90. The minimum Gasteiger partial charge on any atom is -0.479 e. The molecular weight excluding hydrogens is 344 g/mol. The van der Waals surface area contributed by atoms with E-state index in [0.29, 0.717) is 25.9 Å². The summed E-state index contributed by atoms with van der Waals surface area (Å²) in [7, 11) is 2.05. The van der Waals surface area contributed by atoms with Crippen LogP contribution in [0.25, 0.3) is 0 Å². The molecule has 1 aromatic rings. The van der Waals surface area contributed by atoms with Crippen molar-refractivity contribution in [3.05, 3.63) is 18.0 Å². The van der Waals surface area contributed by atoms with Crippen LogP contribution in [0.1, 0.15) is 52.1 Å². The summed E-state index contributed by atoms with van der Waals surface area (Å²) in [5.41, 5.74) is -0.315. The average molecular weight is 377 g/mol. The van der Waals surface area contributed by atoms with Gasteiger partial charge in [-0.05, 0) is 32.5 Å². The van der Waals surface area contributed by atoms with E-state index in [0.717, 1.165) is 31.6 Å². The third kappa shape index (κ3) is 3.88. The molecule has 0 bridgehead atoms. The third-order valence-electron chi connectivity index (χ3n) is 6.07. The lowest BCUT2D eigenvalue weighted by Gasteiger charge is -2.41. The summed E-state index contributed by atoms with van der Waals surface area (Å²) < 4.78 is 1.62. The van der Waals surface area contributed by atoms with Crippen LogP contribution in [0.15, 0.2) is 12.3 Å². The standard InChI is InChI=1S/C20H32N4O3/c1-19(2,3)16-7-11-24(21-16)20(18(26)27)8-12-23(13-9-20)17(25)15-6-5-10-22(4)14-15/h7,11,15H,5-6,8-10,12-14H2,1-4H3,(H,26,27)/t15-/m0/s1. The predicted molar refractivity (Wildman–Crippen MR) is 103 cm³/mol. The molecule has 0 unspecified atom stereocenters. The van der Waals surface area contributed by atoms with E-state index in [-0.39, 0.29) is 17.2 Å². The van der Waals surface area contributed by atoms with Crippen molar-refractivity contribution in [1.82, 2.24) is 19.6 Å². The average Bonchev–Trinajstić information content (AvgIpc) is 3.12. The van der Waals surface area contributed by atoms with Crippen molar-refractivity contribution in [3.63, 3.8) is 0 Å². The molecule has 2 aliphatic heterocycles. The second-order valence-electron chi connectivity index (χ2n) is 9.16. The number of piperidine rings is 2. The van der Waals surface area contributed by atoms with Crippen molar-refractivity contribution in [1.29, 1.82) is 0 Å². The van der Waals surface area contributed by atoms with Gasteiger partial charge >= 0.3 is 5.97 Å². The molecule has 7 nitrogen and oxygen atoms in total. The molecule has 0 aliphatic carbocycles. The smallest absolute Gasteiger partial charge is 0.331 e. The fraction of sp³-hybridized carbons (Fsp3) is 0.750. The molecule has 27 heavy (non-hydrogen) atoms. The van der Waals surface area contributed by atoms with Gasteiger partial charge in [0.25, 0.3) is 0 Å². The highest BCUT2D eigenvalue weighted by molar-refractivity contribution is 5.81. The van der Waals surface area contributed by atoms with Gasteiger partial charge in [0.15, 0.2) is 5.54 Å². The number of aliphatic carboxylic acids is 1. The van der Waals surface area contributed by atoms with Gasteiger partial charge in [-0.15, -0.1) is 0 Å². The SMILES string of the molecule is CN1CCC[C@H](C(=O)N2CCC(C(=O)O)(n3ccc(C(C)(C)C)n3)CC2)C1. The Morgan fingerprint density at radius 2 is 1.89 bits per heavy atom. The first kappa shape index (κ1) is 19.9. The van der Waals surface area contributed by atoms with Crippen molar-refractivity contribution < 1.29 is 14.7 Å². The van der Waals surface area contributed by atoms with Crippen LogP contribution in [-0.2, 0) is 20.5 Å². The van der Waals surface area contributed by atoms with Crippen molar-refractivity contribution in [2.45, 2.75) is 57.4 Å². The zero-order chi connectivity index (χ0) is 19.8. The Morgan fingerprint density at radius 1 is 1.22 bits per heavy atom. The maximum Gasteiger partial charge on any atom is 0.331 e. The van der Waals surface area contributed by atoms with Gasteiger partial charge in [0, 0.05) is 44.1 Å². The summed E-state index contributed by atoms with van der Waals surface area (Å²) in [6.07, 6.45) is 4.53. The van der Waals surface area contributed by atoms with E-state index < -0.39 is 11.5 Å². The van der Waals surface area contributed by atoms with Crippen molar-refractivity contribution in [2.24, 2.45) is 5.92 Å². The quantitative estimate of drug-likeness (QED) is 0.872. The molecule has 2 saturated heterocycles. The van der Waals surface area contributed by atoms with Gasteiger partial charge in [0.05, 0.1) is 11.6 Å². The third-order valence-corrected chi connectivity index (χ3v) is 6.07. The Kier molecular flexibility index (Phi) is 5.34. The molecule has 1 amide bonds. The number of nitrogens with zero attached hydrogens (tertiary/aromatic N) is 4. The van der Waals surface area contributed by atoms with Gasteiger partial charge in [0.1, 0.15) is 0 Å². The molecule has 1 N–H and O–H groups in total. The number of aromatic nitrogens is 2. The van der Waals surface area contributed by atoms with Crippen LogP contribution in [0.4, 0.5) is 0 Å². The number of carboxylic acids is 1. The summed E-state index contributed by atoms with van der Waals surface area (Å²) >= 11 is 0. The van der Waals surface area contributed by atoms with Gasteiger partial charge < -0.3 is 14.9 Å². The van der Waals surface area contributed by atoms with Crippen LogP contribution in [0.3, 0.4) is 0 Å². The molecule has 7 heteroatoms. The Labute approximate surface area is 161 Å². The van der Waals surface area contributed by atoms with Gasteiger partial charge in [0.2, 0.25) is 5.91 Å². The Morgan fingerprint density at radius 3 is 2.41 bits per heavy atom. The molecule has 1 aromatic heterocycles. The van der Waals surface area contributed by atoms with Crippen molar-refractivity contribution in [2.75, 3.05) is 33.2 Å². The van der Waals surface area contributed by atoms with E-state index in [1.54, 1.807) is 10.9 Å². The number of carbonyl (C=O) groups is 2. The van der Waals surface area contributed by atoms with Crippen LogP contribution < -0.4 is 0 Å². The van der Waals surface area contributed by atoms with Crippen molar-refractivity contribution >= 4 is 11.9 Å². The number of carbonyl (C=O) groups excluding carboxylic acids is 1. The number of rotatable bonds is 3. The number of carboxylic acid groups (broad SMARTS) is 1. The number of hydrogen-bond donors (Lipinski definition) is 1. The lowest BCUT2D eigenvalue weighted by molar-refractivity contribution is -0.154. The lowest BCUT2D eigenvalue weighted by atomic mass is 9.86. The van der Waals surface area contributed by atoms with Gasteiger partial charge in [-0.2, -0.15) is 5.10 Å². The first-order chi connectivity index (χ1) is 12.6. The fourth-order valence-electron chi connectivity index (χ4n) is 4.23. The lowest BCUT2D eigenvalue weighted by Crippen LogP contribution is -2.54. The summed E-state index contributed by atoms with van der Waals surface area (Å²) in [4.78, 5) is 29.1. The summed E-state index contributed by atoms with van der Waals surface area (Å²) in [6.45, 7) is 8.97. The van der Waals surface area contributed by atoms with E-state index >= 15 is 0 Å². The normalized spacial score (nSPS) is 24.0. The Balaban J connectivity index is 1.73. The monoisotopic (exact) mass is 376 g/mol. The highest BCUT2D eigenvalue weighted by Crippen LogP contribution is 2.33. The number of hydrogen-bond acceptors (Lipinski definition) is 4. The molecule has 0 aromatic carbocycles. The zero-order valence-electron chi connectivity index (χ0n) is 16.9. The number of likely N-dealkylation sites (tertiary alicyclic amines) is 2. The van der Waals surface area contributed by atoms with E-state index in [9.17, 15) is 14.7 Å². The Bertz CT molecular complexity index is 698. The molecule has 2 fully saturated rings. The van der Waals surface area contributed by atoms with Crippen molar-refractivity contribution in [3.8, 4) is 0 Å². The minimum atomic E-state index is -1.07. The Hall–Kier alpha value is -1.89. The molecule has 1 atom stereocenters. The molecular formula is C20H32N4O3. The van der Waals surface area contributed by atoms with E-state index in [1.165, 1.54) is 0 Å². The maximum absolute atomic E-state index is 12.9. The summed E-state index contributed by atoms with van der Waals surface area (Å²) in [5.74, 6) is -0.648. The molecule has 0 radical (unpaired) electrons. The molecule has 150 valence electrons. The van der Waals surface area contributed by atoms with Crippen LogP contribution in [0, 0.1) is 5.92 Å². The van der Waals surface area contributed by atoms with Crippen LogP contribution in [-0.4, -0.2) is 69.8 Å². The predicted octanol–water partition coefficient (Wildman–Crippen LogP) is 1.92. The van der Waals surface area contributed by atoms with Crippen LogP contribution >= 0.6 is 0 Å².